The van der Waals surface area contributed by atoms with E-state index in [2.05, 4.69) is 15.9 Å². The van der Waals surface area contributed by atoms with Crippen LogP contribution in [0.5, 0.6) is 0 Å². The molecule has 0 saturated heterocycles. The molecule has 0 aliphatic rings. The molecular formula is C15H16BrNO2. The van der Waals surface area contributed by atoms with E-state index in [9.17, 15) is 4.79 Å². The highest BCUT2D eigenvalue weighted by Gasteiger charge is 2.16. The van der Waals surface area contributed by atoms with Crippen LogP contribution in [0.15, 0.2) is 39.4 Å². The summed E-state index contributed by atoms with van der Waals surface area (Å²) < 4.78 is 6.20. The molecule has 100 valence electrons. The largest absolute Gasteiger partial charge is 0.469 e. The lowest BCUT2D eigenvalue weighted by molar-refractivity contribution is 0.0784. The Balaban J connectivity index is 2.20. The number of benzene rings is 1. The Hall–Kier alpha value is -1.55. The molecular weight excluding hydrogens is 306 g/mol. The molecule has 0 saturated carbocycles. The normalized spacial score (nSPS) is 10.5. The van der Waals surface area contributed by atoms with Gasteiger partial charge in [0.25, 0.3) is 5.91 Å². The van der Waals surface area contributed by atoms with Crippen molar-refractivity contribution in [2.24, 2.45) is 0 Å². The van der Waals surface area contributed by atoms with E-state index in [4.69, 9.17) is 4.42 Å². The van der Waals surface area contributed by atoms with Crippen molar-refractivity contribution in [1.82, 2.24) is 4.90 Å². The lowest BCUT2D eigenvalue weighted by Gasteiger charge is -2.18. The lowest BCUT2D eigenvalue weighted by atomic mass is 10.1. The van der Waals surface area contributed by atoms with Gasteiger partial charge in [0.2, 0.25) is 0 Å². The van der Waals surface area contributed by atoms with E-state index in [1.165, 1.54) is 0 Å². The highest BCUT2D eigenvalue weighted by molar-refractivity contribution is 9.10. The summed E-state index contributed by atoms with van der Waals surface area (Å²) in [5.74, 6) is 0.866. The highest BCUT2D eigenvalue weighted by Crippen LogP contribution is 2.21. The van der Waals surface area contributed by atoms with Crippen LogP contribution in [-0.4, -0.2) is 17.9 Å². The first kappa shape index (κ1) is 13.9. The van der Waals surface area contributed by atoms with Gasteiger partial charge in [0, 0.05) is 29.2 Å². The van der Waals surface area contributed by atoms with Crippen molar-refractivity contribution in [3.05, 3.63) is 57.5 Å². The van der Waals surface area contributed by atoms with Crippen molar-refractivity contribution >= 4 is 21.8 Å². The summed E-state index contributed by atoms with van der Waals surface area (Å²) in [6, 6.07) is 7.56. The minimum absolute atomic E-state index is 0.0133. The van der Waals surface area contributed by atoms with Crippen LogP contribution in [0.3, 0.4) is 0 Å². The Morgan fingerprint density at radius 2 is 2.05 bits per heavy atom. The van der Waals surface area contributed by atoms with Crippen molar-refractivity contribution in [2.45, 2.75) is 20.4 Å². The maximum absolute atomic E-state index is 12.4. The molecule has 0 atom stereocenters. The van der Waals surface area contributed by atoms with Gasteiger partial charge < -0.3 is 9.32 Å². The monoisotopic (exact) mass is 321 g/mol. The van der Waals surface area contributed by atoms with Crippen LogP contribution in [0.1, 0.15) is 27.2 Å². The molecule has 1 amide bonds. The fourth-order valence-corrected chi connectivity index (χ4v) is 2.31. The van der Waals surface area contributed by atoms with Gasteiger partial charge in [0.1, 0.15) is 5.76 Å². The molecule has 2 rings (SSSR count). The first-order valence-electron chi connectivity index (χ1n) is 6.04. The van der Waals surface area contributed by atoms with Crippen LogP contribution in [0, 0.1) is 13.8 Å². The van der Waals surface area contributed by atoms with E-state index in [-0.39, 0.29) is 5.91 Å². The molecule has 3 nitrogen and oxygen atoms in total. The zero-order valence-corrected chi connectivity index (χ0v) is 12.8. The van der Waals surface area contributed by atoms with E-state index in [0.717, 1.165) is 26.9 Å². The molecule has 0 bridgehead atoms. The zero-order chi connectivity index (χ0) is 14.0. The molecule has 1 aromatic carbocycles. The fourth-order valence-electron chi connectivity index (χ4n) is 1.95. The van der Waals surface area contributed by atoms with Gasteiger partial charge in [0.15, 0.2) is 0 Å². The van der Waals surface area contributed by atoms with Crippen LogP contribution < -0.4 is 0 Å². The molecule has 1 heterocycles. The summed E-state index contributed by atoms with van der Waals surface area (Å²) in [5, 5.41) is 0. The Morgan fingerprint density at radius 3 is 2.68 bits per heavy atom. The molecule has 2 aromatic rings. The summed E-state index contributed by atoms with van der Waals surface area (Å²) in [7, 11) is 1.80. The molecule has 0 aliphatic heterocycles. The maximum Gasteiger partial charge on any atom is 0.254 e. The number of hydrogen-bond donors (Lipinski definition) is 0. The van der Waals surface area contributed by atoms with Gasteiger partial charge in [-0.1, -0.05) is 22.0 Å². The van der Waals surface area contributed by atoms with Crippen LogP contribution in [0.2, 0.25) is 0 Å². The van der Waals surface area contributed by atoms with Crippen molar-refractivity contribution in [2.75, 3.05) is 7.05 Å². The van der Waals surface area contributed by atoms with E-state index in [0.29, 0.717) is 6.54 Å². The second-order valence-electron chi connectivity index (χ2n) is 4.58. The molecule has 0 spiro atoms. The highest BCUT2D eigenvalue weighted by atomic mass is 79.9. The predicted molar refractivity (Wildman–Crippen MR) is 78.1 cm³/mol. The van der Waals surface area contributed by atoms with E-state index >= 15 is 0 Å². The number of halogens is 1. The van der Waals surface area contributed by atoms with Crippen LogP contribution >= 0.6 is 15.9 Å². The third-order valence-corrected chi connectivity index (χ3v) is 4.08. The molecule has 0 aliphatic carbocycles. The van der Waals surface area contributed by atoms with E-state index in [1.54, 1.807) is 18.2 Å². The smallest absolute Gasteiger partial charge is 0.254 e. The number of nitrogens with zero attached hydrogens (tertiary/aromatic N) is 1. The zero-order valence-electron chi connectivity index (χ0n) is 11.2. The second-order valence-corrected chi connectivity index (χ2v) is 5.43. The van der Waals surface area contributed by atoms with Crippen molar-refractivity contribution in [1.29, 1.82) is 0 Å². The number of furan rings is 1. The molecule has 19 heavy (non-hydrogen) atoms. The van der Waals surface area contributed by atoms with Crippen molar-refractivity contribution in [3.63, 3.8) is 0 Å². The lowest BCUT2D eigenvalue weighted by Crippen LogP contribution is -2.27. The third-order valence-electron chi connectivity index (χ3n) is 3.22. The minimum atomic E-state index is 0.0133. The molecule has 0 unspecified atom stereocenters. The number of carbonyl (C=O) groups is 1. The summed E-state index contributed by atoms with van der Waals surface area (Å²) in [4.78, 5) is 14.1. The van der Waals surface area contributed by atoms with Gasteiger partial charge in [0.05, 0.1) is 6.26 Å². The Morgan fingerprint density at radius 1 is 1.32 bits per heavy atom. The SMILES string of the molecule is Cc1occc1CN(C)C(=O)c1cccc(Br)c1C. The molecule has 1 aromatic heterocycles. The Bertz CT molecular complexity index is 604. The summed E-state index contributed by atoms with van der Waals surface area (Å²) in [5.41, 5.74) is 2.71. The van der Waals surface area contributed by atoms with Crippen LogP contribution in [0.25, 0.3) is 0 Å². The summed E-state index contributed by atoms with van der Waals surface area (Å²) in [6.07, 6.45) is 1.65. The quantitative estimate of drug-likeness (QED) is 0.858. The average Bonchev–Trinajstić information content (AvgIpc) is 2.77. The number of hydrogen-bond acceptors (Lipinski definition) is 2. The van der Waals surface area contributed by atoms with Gasteiger partial charge in [-0.15, -0.1) is 0 Å². The molecule has 4 heteroatoms. The maximum atomic E-state index is 12.4. The van der Waals surface area contributed by atoms with Crippen molar-refractivity contribution in [3.8, 4) is 0 Å². The van der Waals surface area contributed by atoms with Gasteiger partial charge in [-0.25, -0.2) is 0 Å². The third kappa shape index (κ3) is 2.89. The average molecular weight is 322 g/mol. The number of rotatable bonds is 3. The van der Waals surface area contributed by atoms with E-state index < -0.39 is 0 Å². The first-order valence-corrected chi connectivity index (χ1v) is 6.83. The standard InChI is InChI=1S/C15H16BrNO2/c1-10-13(5-4-6-14(10)16)15(18)17(3)9-12-7-8-19-11(12)2/h4-8H,9H2,1-3H3. The summed E-state index contributed by atoms with van der Waals surface area (Å²) >= 11 is 3.45. The number of amides is 1. The molecule has 0 fully saturated rings. The van der Waals surface area contributed by atoms with Gasteiger partial charge in [-0.3, -0.25) is 4.79 Å². The van der Waals surface area contributed by atoms with Crippen LogP contribution in [-0.2, 0) is 6.54 Å². The van der Waals surface area contributed by atoms with Gasteiger partial charge >= 0.3 is 0 Å². The van der Waals surface area contributed by atoms with E-state index in [1.807, 2.05) is 38.1 Å². The van der Waals surface area contributed by atoms with Gasteiger partial charge in [-0.2, -0.15) is 0 Å². The minimum Gasteiger partial charge on any atom is -0.469 e. The summed E-state index contributed by atoms with van der Waals surface area (Å²) in [6.45, 7) is 4.39. The topological polar surface area (TPSA) is 33.5 Å². The van der Waals surface area contributed by atoms with Gasteiger partial charge in [-0.05, 0) is 37.6 Å². The molecule has 0 N–H and O–H groups in total. The first-order chi connectivity index (χ1) is 9.00. The fraction of sp³-hybridized carbons (Fsp3) is 0.267. The number of carbonyl (C=O) groups excluding carboxylic acids is 1. The van der Waals surface area contributed by atoms with Crippen LogP contribution in [0.4, 0.5) is 0 Å². The number of aryl methyl sites for hydroxylation is 1. The Labute approximate surface area is 121 Å². The second kappa shape index (κ2) is 5.61. The predicted octanol–water partition coefficient (Wildman–Crippen LogP) is 3.93. The Kier molecular flexibility index (Phi) is 4.10. The van der Waals surface area contributed by atoms with Crippen molar-refractivity contribution < 1.29 is 9.21 Å². The molecule has 0 radical (unpaired) electrons.